The van der Waals surface area contributed by atoms with Crippen molar-refractivity contribution in [1.29, 1.82) is 5.26 Å². The van der Waals surface area contributed by atoms with E-state index in [4.69, 9.17) is 10.00 Å². The van der Waals surface area contributed by atoms with E-state index in [0.29, 0.717) is 6.04 Å². The molecule has 1 aromatic rings. The highest BCUT2D eigenvalue weighted by Gasteiger charge is 2.17. The van der Waals surface area contributed by atoms with Crippen LogP contribution in [-0.2, 0) is 6.42 Å². The second-order valence-electron chi connectivity index (χ2n) is 5.66. The first-order chi connectivity index (χ1) is 8.96. The first kappa shape index (κ1) is 15.5. The first-order valence-electron chi connectivity index (χ1n) is 6.74. The molecule has 1 aromatic carbocycles. The Morgan fingerprint density at radius 3 is 2.47 bits per heavy atom. The van der Waals surface area contributed by atoms with E-state index in [0.717, 1.165) is 25.1 Å². The zero-order valence-electron chi connectivity index (χ0n) is 12.4. The van der Waals surface area contributed by atoms with Crippen molar-refractivity contribution in [3.63, 3.8) is 0 Å². The summed E-state index contributed by atoms with van der Waals surface area (Å²) in [5.41, 5.74) is 1.02. The van der Waals surface area contributed by atoms with Crippen LogP contribution in [0.4, 0.5) is 0 Å². The Balaban J connectivity index is 2.33. The van der Waals surface area contributed by atoms with Crippen molar-refractivity contribution in [2.45, 2.75) is 39.7 Å². The molecular weight excluding hydrogens is 236 g/mol. The number of rotatable bonds is 7. The van der Waals surface area contributed by atoms with Gasteiger partial charge in [-0.2, -0.15) is 5.26 Å². The van der Waals surface area contributed by atoms with Crippen molar-refractivity contribution in [3.05, 3.63) is 29.8 Å². The van der Waals surface area contributed by atoms with Crippen LogP contribution < -0.4 is 10.1 Å². The van der Waals surface area contributed by atoms with Crippen molar-refractivity contribution in [2.24, 2.45) is 5.41 Å². The molecule has 104 valence electrons. The zero-order chi connectivity index (χ0) is 14.3. The lowest BCUT2D eigenvalue weighted by molar-refractivity contribution is 0.400. The van der Waals surface area contributed by atoms with Crippen LogP contribution in [0.5, 0.6) is 5.75 Å². The van der Waals surface area contributed by atoms with Gasteiger partial charge in [-0.05, 0) is 51.3 Å². The number of nitrogens with zero attached hydrogens (tertiary/aromatic N) is 1. The molecule has 0 aliphatic rings. The molecule has 3 heteroatoms. The highest BCUT2D eigenvalue weighted by molar-refractivity contribution is 5.27. The first-order valence-corrected chi connectivity index (χ1v) is 6.74. The molecule has 0 amide bonds. The minimum Gasteiger partial charge on any atom is -0.497 e. The fourth-order valence-electron chi connectivity index (χ4n) is 1.75. The Morgan fingerprint density at radius 1 is 1.32 bits per heavy atom. The molecule has 0 spiro atoms. The normalized spacial score (nSPS) is 12.8. The van der Waals surface area contributed by atoms with E-state index in [1.54, 1.807) is 7.11 Å². The van der Waals surface area contributed by atoms with Gasteiger partial charge in [0.15, 0.2) is 0 Å². The molecule has 0 radical (unpaired) electrons. The van der Waals surface area contributed by atoms with Gasteiger partial charge in [-0.15, -0.1) is 0 Å². The number of aryl methyl sites for hydroxylation is 1. The Morgan fingerprint density at radius 2 is 1.95 bits per heavy atom. The van der Waals surface area contributed by atoms with Crippen LogP contribution in [0.2, 0.25) is 0 Å². The van der Waals surface area contributed by atoms with Gasteiger partial charge in [-0.1, -0.05) is 12.1 Å². The lowest BCUT2D eigenvalue weighted by Crippen LogP contribution is -2.35. The van der Waals surface area contributed by atoms with Crippen LogP contribution in [0.3, 0.4) is 0 Å². The monoisotopic (exact) mass is 260 g/mol. The summed E-state index contributed by atoms with van der Waals surface area (Å²) in [5.74, 6) is 0.894. The maximum absolute atomic E-state index is 8.96. The fraction of sp³-hybridized carbons (Fsp3) is 0.562. The molecule has 0 saturated carbocycles. The van der Waals surface area contributed by atoms with Crippen molar-refractivity contribution in [2.75, 3.05) is 13.7 Å². The summed E-state index contributed by atoms with van der Waals surface area (Å²) >= 11 is 0. The highest BCUT2D eigenvalue weighted by Crippen LogP contribution is 2.14. The quantitative estimate of drug-likeness (QED) is 0.819. The Labute approximate surface area is 116 Å². The molecule has 0 aliphatic heterocycles. The Kier molecular flexibility index (Phi) is 5.85. The molecule has 1 unspecified atom stereocenters. The summed E-state index contributed by atoms with van der Waals surface area (Å²) in [6.45, 7) is 6.80. The smallest absolute Gasteiger partial charge is 0.118 e. The summed E-state index contributed by atoms with van der Waals surface area (Å²) in [6, 6.07) is 10.9. The average molecular weight is 260 g/mol. The lowest BCUT2D eigenvalue weighted by atomic mass is 9.95. The molecule has 1 N–H and O–H groups in total. The Hall–Kier alpha value is -1.53. The number of benzene rings is 1. The minimum atomic E-state index is -0.297. The van der Waals surface area contributed by atoms with Crippen LogP contribution in [0.1, 0.15) is 32.8 Å². The minimum absolute atomic E-state index is 0.297. The number of nitrogens with one attached hydrogen (secondary N) is 1. The molecular formula is C16H24N2O. The van der Waals surface area contributed by atoms with E-state index in [1.165, 1.54) is 5.56 Å². The van der Waals surface area contributed by atoms with Gasteiger partial charge >= 0.3 is 0 Å². The van der Waals surface area contributed by atoms with Crippen LogP contribution >= 0.6 is 0 Å². The summed E-state index contributed by atoms with van der Waals surface area (Å²) in [5, 5.41) is 12.4. The number of methoxy groups -OCH3 is 1. The standard InChI is InChI=1S/C16H24N2O/c1-13(18-12-16(2,3)11-17)5-6-14-7-9-15(19-4)10-8-14/h7-10,13,18H,5-6,12H2,1-4H3. The van der Waals surface area contributed by atoms with E-state index in [2.05, 4.69) is 30.4 Å². The summed E-state index contributed by atoms with van der Waals surface area (Å²) in [4.78, 5) is 0. The van der Waals surface area contributed by atoms with Gasteiger partial charge < -0.3 is 10.1 Å². The molecule has 1 rings (SSSR count). The second-order valence-corrected chi connectivity index (χ2v) is 5.66. The van der Waals surface area contributed by atoms with Crippen LogP contribution in [-0.4, -0.2) is 19.7 Å². The zero-order valence-corrected chi connectivity index (χ0v) is 12.4. The van der Waals surface area contributed by atoms with Gasteiger partial charge in [-0.25, -0.2) is 0 Å². The number of hydrogen-bond acceptors (Lipinski definition) is 3. The van der Waals surface area contributed by atoms with Crippen LogP contribution in [0.15, 0.2) is 24.3 Å². The van der Waals surface area contributed by atoms with E-state index in [1.807, 2.05) is 26.0 Å². The van der Waals surface area contributed by atoms with Crippen molar-refractivity contribution in [1.82, 2.24) is 5.32 Å². The molecule has 0 fully saturated rings. The van der Waals surface area contributed by atoms with Gasteiger partial charge in [0.05, 0.1) is 18.6 Å². The molecule has 0 bridgehead atoms. The second kappa shape index (κ2) is 7.16. The topological polar surface area (TPSA) is 45.0 Å². The predicted octanol–water partition coefficient (Wildman–Crippen LogP) is 3.16. The van der Waals surface area contributed by atoms with Crippen molar-refractivity contribution >= 4 is 0 Å². The molecule has 3 nitrogen and oxygen atoms in total. The predicted molar refractivity (Wildman–Crippen MR) is 78.2 cm³/mol. The van der Waals surface area contributed by atoms with E-state index in [-0.39, 0.29) is 5.41 Å². The summed E-state index contributed by atoms with van der Waals surface area (Å²) < 4.78 is 5.14. The van der Waals surface area contributed by atoms with Gasteiger partial charge in [0, 0.05) is 12.6 Å². The SMILES string of the molecule is COc1ccc(CCC(C)NCC(C)(C)C#N)cc1. The van der Waals surface area contributed by atoms with Gasteiger partial charge in [0.2, 0.25) is 0 Å². The maximum atomic E-state index is 8.96. The number of ether oxygens (including phenoxy) is 1. The third-order valence-electron chi connectivity index (χ3n) is 3.22. The van der Waals surface area contributed by atoms with Crippen LogP contribution in [0, 0.1) is 16.7 Å². The van der Waals surface area contributed by atoms with Gasteiger partial charge in [-0.3, -0.25) is 0 Å². The third-order valence-corrected chi connectivity index (χ3v) is 3.22. The fourth-order valence-corrected chi connectivity index (χ4v) is 1.75. The number of hydrogen-bond donors (Lipinski definition) is 1. The van der Waals surface area contributed by atoms with E-state index >= 15 is 0 Å². The third kappa shape index (κ3) is 5.76. The maximum Gasteiger partial charge on any atom is 0.118 e. The molecule has 19 heavy (non-hydrogen) atoms. The molecule has 1 atom stereocenters. The van der Waals surface area contributed by atoms with Gasteiger partial charge in [0.25, 0.3) is 0 Å². The molecule has 0 heterocycles. The molecule has 0 aliphatic carbocycles. The van der Waals surface area contributed by atoms with Crippen LogP contribution in [0.25, 0.3) is 0 Å². The van der Waals surface area contributed by atoms with Crippen molar-refractivity contribution in [3.8, 4) is 11.8 Å². The molecule has 0 saturated heterocycles. The molecule has 0 aromatic heterocycles. The summed E-state index contributed by atoms with van der Waals surface area (Å²) in [6.07, 6.45) is 2.10. The van der Waals surface area contributed by atoms with E-state index < -0.39 is 0 Å². The largest absolute Gasteiger partial charge is 0.497 e. The highest BCUT2D eigenvalue weighted by atomic mass is 16.5. The van der Waals surface area contributed by atoms with E-state index in [9.17, 15) is 0 Å². The van der Waals surface area contributed by atoms with Gasteiger partial charge in [0.1, 0.15) is 5.75 Å². The van der Waals surface area contributed by atoms with Crippen molar-refractivity contribution < 1.29 is 4.74 Å². The average Bonchev–Trinajstić information content (AvgIpc) is 2.43. The number of nitriles is 1. The summed E-state index contributed by atoms with van der Waals surface area (Å²) in [7, 11) is 1.68. The lowest BCUT2D eigenvalue weighted by Gasteiger charge is -2.20. The Bertz CT molecular complexity index is 417.